The fourth-order valence-corrected chi connectivity index (χ4v) is 2.21. The molecule has 2 heterocycles. The van der Waals surface area contributed by atoms with E-state index in [4.69, 9.17) is 0 Å². The van der Waals surface area contributed by atoms with E-state index in [1.807, 2.05) is 0 Å². The topological polar surface area (TPSA) is 3.24 Å². The number of benzene rings is 1. The third-order valence-corrected chi connectivity index (χ3v) is 3.00. The summed E-state index contributed by atoms with van der Waals surface area (Å²) in [6, 6.07) is 4.75. The monoisotopic (exact) mass is 159 g/mol. The molecule has 1 heteroatoms. The molecular weight excluding hydrogens is 146 g/mol. The number of hydrogen-bond acceptors (Lipinski definition) is 1. The van der Waals surface area contributed by atoms with Crippen LogP contribution in [0.3, 0.4) is 0 Å². The summed E-state index contributed by atoms with van der Waals surface area (Å²) >= 11 is 0. The van der Waals surface area contributed by atoms with Crippen LogP contribution in [0, 0.1) is 0 Å². The summed E-state index contributed by atoms with van der Waals surface area (Å²) in [5, 5.41) is 0. The van der Waals surface area contributed by atoms with Gasteiger partial charge >= 0.3 is 0 Å². The zero-order chi connectivity index (χ0) is 8.29. The van der Waals surface area contributed by atoms with E-state index in [0.717, 1.165) is 0 Å². The van der Waals surface area contributed by atoms with Crippen LogP contribution in [-0.4, -0.2) is 0 Å². The van der Waals surface area contributed by atoms with Crippen molar-refractivity contribution in [3.05, 3.63) is 28.8 Å². The Hall–Kier alpha value is -0.980. The molecule has 0 radical (unpaired) electrons. The Kier molecular flexibility index (Phi) is 1.00. The van der Waals surface area contributed by atoms with Gasteiger partial charge in [-0.2, -0.15) is 0 Å². The zero-order valence-corrected chi connectivity index (χ0v) is 7.59. The van der Waals surface area contributed by atoms with Crippen LogP contribution in [0.5, 0.6) is 0 Å². The van der Waals surface area contributed by atoms with Gasteiger partial charge in [-0.15, -0.1) is 0 Å². The maximum Gasteiger partial charge on any atom is 0.0473 e. The van der Waals surface area contributed by atoms with E-state index < -0.39 is 0 Å². The average Bonchev–Trinajstić information content (AvgIpc) is 1.91. The first-order valence-corrected chi connectivity index (χ1v) is 4.66. The van der Waals surface area contributed by atoms with Gasteiger partial charge in [0, 0.05) is 18.8 Å². The lowest BCUT2D eigenvalue weighted by Crippen LogP contribution is -2.41. The summed E-state index contributed by atoms with van der Waals surface area (Å²) in [5.41, 5.74) is 6.20. The fourth-order valence-electron chi connectivity index (χ4n) is 2.21. The molecule has 1 aromatic rings. The van der Waals surface area contributed by atoms with Crippen LogP contribution in [0.25, 0.3) is 0 Å². The van der Waals surface area contributed by atoms with Gasteiger partial charge < -0.3 is 4.90 Å². The van der Waals surface area contributed by atoms with Gasteiger partial charge in [0.15, 0.2) is 0 Å². The van der Waals surface area contributed by atoms with Gasteiger partial charge in [-0.3, -0.25) is 0 Å². The second-order valence-electron chi connectivity index (χ2n) is 4.20. The quantitative estimate of drug-likeness (QED) is 0.609. The highest BCUT2D eigenvalue weighted by Gasteiger charge is 2.34. The average molecular weight is 159 g/mol. The first-order chi connectivity index (χ1) is 5.75. The predicted molar refractivity (Wildman–Crippen MR) is 50.4 cm³/mol. The molecular formula is C11H13N. The Morgan fingerprint density at radius 2 is 1.75 bits per heavy atom. The number of hydrogen-bond donors (Lipinski definition) is 0. The number of rotatable bonds is 1. The van der Waals surface area contributed by atoms with E-state index in [9.17, 15) is 0 Å². The maximum absolute atomic E-state index is 2.44. The third kappa shape index (κ3) is 0.603. The van der Waals surface area contributed by atoms with Crippen molar-refractivity contribution >= 4 is 5.69 Å². The van der Waals surface area contributed by atoms with Gasteiger partial charge in [-0.25, -0.2) is 0 Å². The molecule has 0 spiro atoms. The minimum absolute atomic E-state index is 0.682. The maximum atomic E-state index is 2.44. The lowest BCUT2D eigenvalue weighted by Gasteiger charge is -2.47. The summed E-state index contributed by atoms with van der Waals surface area (Å²) in [5.74, 6) is 0.682. The smallest absolute Gasteiger partial charge is 0.0473 e. The molecule has 0 saturated carbocycles. The molecule has 0 aromatic heterocycles. The van der Waals surface area contributed by atoms with Gasteiger partial charge in [-0.1, -0.05) is 26.0 Å². The van der Waals surface area contributed by atoms with Crippen molar-refractivity contribution in [2.75, 3.05) is 4.90 Å². The molecule has 62 valence electrons. The molecule has 0 unspecified atom stereocenters. The van der Waals surface area contributed by atoms with Crippen LogP contribution in [-0.2, 0) is 13.1 Å². The summed E-state index contributed by atoms with van der Waals surface area (Å²) in [4.78, 5) is 2.44. The van der Waals surface area contributed by atoms with Crippen molar-refractivity contribution in [3.63, 3.8) is 0 Å². The Bertz CT molecular complexity index is 325. The molecule has 3 rings (SSSR count). The number of anilines is 1. The Morgan fingerprint density at radius 1 is 1.17 bits per heavy atom. The van der Waals surface area contributed by atoms with Crippen LogP contribution in [0.15, 0.2) is 12.1 Å². The molecule has 0 fully saturated rings. The summed E-state index contributed by atoms with van der Waals surface area (Å²) in [7, 11) is 0. The van der Waals surface area contributed by atoms with Crippen molar-refractivity contribution in [1.82, 2.24) is 0 Å². The molecule has 0 aliphatic carbocycles. The molecule has 0 atom stereocenters. The Labute approximate surface area is 73.0 Å². The molecule has 12 heavy (non-hydrogen) atoms. The molecule has 2 aliphatic rings. The summed E-state index contributed by atoms with van der Waals surface area (Å²) in [6.45, 7) is 6.93. The zero-order valence-electron chi connectivity index (χ0n) is 7.59. The van der Waals surface area contributed by atoms with Crippen LogP contribution in [0.4, 0.5) is 5.69 Å². The van der Waals surface area contributed by atoms with Crippen molar-refractivity contribution in [1.29, 1.82) is 0 Å². The first-order valence-electron chi connectivity index (χ1n) is 4.66. The second-order valence-corrected chi connectivity index (χ2v) is 4.20. The van der Waals surface area contributed by atoms with Gasteiger partial charge in [0.1, 0.15) is 0 Å². The van der Waals surface area contributed by atoms with E-state index in [2.05, 4.69) is 30.9 Å². The van der Waals surface area contributed by atoms with Gasteiger partial charge in [0.2, 0.25) is 0 Å². The standard InChI is InChI=1S/C11H13N/c1-7(2)8-3-9-5-12-6-10(4-8)11(9)12/h3-4,7H,5-6H2,1-2H3. The fraction of sp³-hybridized carbons (Fsp3) is 0.455. The Morgan fingerprint density at radius 3 is 2.17 bits per heavy atom. The molecule has 1 aromatic carbocycles. The first kappa shape index (κ1) is 6.53. The van der Waals surface area contributed by atoms with Crippen LogP contribution < -0.4 is 4.90 Å². The predicted octanol–water partition coefficient (Wildman–Crippen LogP) is 2.64. The van der Waals surface area contributed by atoms with E-state index >= 15 is 0 Å². The lowest BCUT2D eigenvalue weighted by molar-refractivity contribution is 0.654. The van der Waals surface area contributed by atoms with Gasteiger partial charge in [-0.05, 0) is 22.6 Å². The van der Waals surface area contributed by atoms with Crippen molar-refractivity contribution in [3.8, 4) is 0 Å². The van der Waals surface area contributed by atoms with E-state index in [1.165, 1.54) is 18.7 Å². The van der Waals surface area contributed by atoms with Crippen molar-refractivity contribution in [2.24, 2.45) is 0 Å². The van der Waals surface area contributed by atoms with Gasteiger partial charge in [0.25, 0.3) is 0 Å². The lowest BCUT2D eigenvalue weighted by atomic mass is 9.85. The third-order valence-electron chi connectivity index (χ3n) is 3.00. The van der Waals surface area contributed by atoms with E-state index in [-0.39, 0.29) is 0 Å². The molecule has 2 aliphatic heterocycles. The summed E-state index contributed by atoms with van der Waals surface area (Å²) < 4.78 is 0. The molecule has 0 saturated heterocycles. The van der Waals surface area contributed by atoms with Crippen molar-refractivity contribution < 1.29 is 0 Å². The molecule has 0 amide bonds. The summed E-state index contributed by atoms with van der Waals surface area (Å²) in [6.07, 6.45) is 0. The van der Waals surface area contributed by atoms with E-state index in [1.54, 1.807) is 16.8 Å². The molecule has 0 bridgehead atoms. The van der Waals surface area contributed by atoms with Gasteiger partial charge in [0.05, 0.1) is 0 Å². The largest absolute Gasteiger partial charge is 0.362 e. The van der Waals surface area contributed by atoms with Crippen LogP contribution >= 0.6 is 0 Å². The SMILES string of the molecule is CC(C)c1cc2c3c(c1)CN3C2. The molecule has 0 N–H and O–H groups in total. The normalized spacial score (nSPS) is 17.1. The highest BCUT2D eigenvalue weighted by atomic mass is 15.2. The van der Waals surface area contributed by atoms with Crippen LogP contribution in [0.2, 0.25) is 0 Å². The highest BCUT2D eigenvalue weighted by molar-refractivity contribution is 5.75. The van der Waals surface area contributed by atoms with Crippen molar-refractivity contribution in [2.45, 2.75) is 32.9 Å². The minimum Gasteiger partial charge on any atom is -0.362 e. The molecule has 1 nitrogen and oxygen atoms in total. The Balaban J connectivity index is 2.15. The minimum atomic E-state index is 0.682. The second kappa shape index (κ2) is 1.85. The highest BCUT2D eigenvalue weighted by Crippen LogP contribution is 2.47. The van der Waals surface area contributed by atoms with E-state index in [0.29, 0.717) is 5.92 Å². The number of nitrogens with zero attached hydrogens (tertiary/aromatic N) is 1. The van der Waals surface area contributed by atoms with Crippen LogP contribution in [0.1, 0.15) is 36.5 Å².